The van der Waals surface area contributed by atoms with E-state index in [1.807, 2.05) is 17.9 Å². The molecular formula is C22H27ClN6. The van der Waals surface area contributed by atoms with Crippen LogP contribution in [0.4, 0.5) is 5.82 Å². The summed E-state index contributed by atoms with van der Waals surface area (Å²) in [7, 11) is 0. The molecule has 2 N–H and O–H groups in total. The molecule has 0 radical (unpaired) electrons. The van der Waals surface area contributed by atoms with E-state index in [4.69, 9.17) is 17.0 Å². The normalized spacial score (nSPS) is 18.0. The molecule has 7 heteroatoms. The van der Waals surface area contributed by atoms with E-state index < -0.39 is 0 Å². The summed E-state index contributed by atoms with van der Waals surface area (Å²) >= 11 is 6.07. The fraction of sp³-hybridized carbons (Fsp3) is 0.364. The molecule has 1 unspecified atom stereocenters. The van der Waals surface area contributed by atoms with Crippen LogP contribution in [0.2, 0.25) is 5.15 Å². The molecule has 1 aliphatic heterocycles. The Labute approximate surface area is 177 Å². The van der Waals surface area contributed by atoms with E-state index >= 15 is 0 Å². The molecule has 2 aromatic rings. The third kappa shape index (κ3) is 4.82. The van der Waals surface area contributed by atoms with Crippen molar-refractivity contribution in [3.8, 4) is 0 Å². The van der Waals surface area contributed by atoms with E-state index in [-0.39, 0.29) is 6.04 Å². The second kappa shape index (κ2) is 9.18. The molecule has 0 fully saturated rings. The molecule has 6 nitrogen and oxygen atoms in total. The van der Waals surface area contributed by atoms with Crippen LogP contribution in [0.3, 0.4) is 0 Å². The van der Waals surface area contributed by atoms with Gasteiger partial charge in [0.1, 0.15) is 17.0 Å². The highest BCUT2D eigenvalue weighted by Crippen LogP contribution is 2.33. The molecule has 1 aliphatic rings. The first-order valence-electron chi connectivity index (χ1n) is 9.78. The number of halogens is 1. The van der Waals surface area contributed by atoms with Gasteiger partial charge in [-0.1, -0.05) is 36.2 Å². The highest BCUT2D eigenvalue weighted by atomic mass is 35.5. The molecule has 0 aromatic carbocycles. The molecule has 0 bridgehead atoms. The molecule has 0 aliphatic carbocycles. The van der Waals surface area contributed by atoms with Gasteiger partial charge < -0.3 is 15.3 Å². The zero-order valence-electron chi connectivity index (χ0n) is 17.3. The van der Waals surface area contributed by atoms with Crippen LogP contribution >= 0.6 is 11.6 Å². The van der Waals surface area contributed by atoms with E-state index in [2.05, 4.69) is 52.9 Å². The molecule has 1 atom stereocenters. The van der Waals surface area contributed by atoms with Crippen LogP contribution in [0, 0.1) is 5.41 Å². The van der Waals surface area contributed by atoms with Crippen LogP contribution in [0.25, 0.3) is 0 Å². The summed E-state index contributed by atoms with van der Waals surface area (Å²) in [6, 6.07) is -0.339. The van der Waals surface area contributed by atoms with Crippen molar-refractivity contribution >= 4 is 23.1 Å². The fourth-order valence-electron chi connectivity index (χ4n) is 3.25. The summed E-state index contributed by atoms with van der Waals surface area (Å²) < 4.78 is 0. The average Bonchev–Trinajstić information content (AvgIpc) is 3.19. The summed E-state index contributed by atoms with van der Waals surface area (Å²) in [5, 5.41) is 9.20. The van der Waals surface area contributed by atoms with E-state index in [0.717, 1.165) is 35.4 Å². The first-order chi connectivity index (χ1) is 13.9. The zero-order valence-corrected chi connectivity index (χ0v) is 18.1. The number of nitrogens with zero attached hydrogens (tertiary/aromatic N) is 4. The number of allylic oxidation sites excluding steroid dienone is 5. The second-order valence-corrected chi connectivity index (χ2v) is 7.70. The van der Waals surface area contributed by atoms with E-state index in [9.17, 15) is 0 Å². The molecule has 3 heterocycles. The highest BCUT2D eigenvalue weighted by Gasteiger charge is 2.33. The number of aromatic nitrogens is 4. The molecule has 3 rings (SSSR count). The Morgan fingerprint density at radius 3 is 2.79 bits per heavy atom. The van der Waals surface area contributed by atoms with Crippen LogP contribution in [0.1, 0.15) is 51.5 Å². The van der Waals surface area contributed by atoms with Crippen molar-refractivity contribution in [1.82, 2.24) is 19.9 Å². The number of rotatable bonds is 6. The van der Waals surface area contributed by atoms with Crippen molar-refractivity contribution in [2.75, 3.05) is 11.4 Å². The summed E-state index contributed by atoms with van der Waals surface area (Å²) in [4.78, 5) is 18.3. The lowest BCUT2D eigenvalue weighted by molar-refractivity contribution is 0.661. The van der Waals surface area contributed by atoms with Gasteiger partial charge in [-0.3, -0.25) is 4.98 Å². The van der Waals surface area contributed by atoms with Gasteiger partial charge in [0, 0.05) is 18.7 Å². The maximum absolute atomic E-state index is 8.87. The largest absolute Gasteiger partial charge is 0.348 e. The van der Waals surface area contributed by atoms with E-state index in [1.165, 1.54) is 11.8 Å². The maximum atomic E-state index is 8.87. The van der Waals surface area contributed by atoms with Gasteiger partial charge in [0.2, 0.25) is 0 Å². The Bertz CT molecular complexity index is 985. The van der Waals surface area contributed by atoms with Crippen molar-refractivity contribution in [1.29, 1.82) is 5.41 Å². The molecule has 152 valence electrons. The smallest absolute Gasteiger partial charge is 0.149 e. The summed E-state index contributed by atoms with van der Waals surface area (Å²) in [5.41, 5.74) is 5.89. The predicted molar refractivity (Wildman–Crippen MR) is 119 cm³/mol. The minimum atomic E-state index is -0.339. The molecule has 0 saturated heterocycles. The molecule has 0 saturated carbocycles. The predicted octanol–water partition coefficient (Wildman–Crippen LogP) is 5.23. The van der Waals surface area contributed by atoms with Gasteiger partial charge in [-0.25, -0.2) is 9.97 Å². The minimum Gasteiger partial charge on any atom is -0.348 e. The lowest BCUT2D eigenvalue weighted by Gasteiger charge is -2.35. The minimum absolute atomic E-state index is 0.337. The van der Waals surface area contributed by atoms with Gasteiger partial charge in [-0.2, -0.15) is 0 Å². The topological polar surface area (TPSA) is 81.5 Å². The number of fused-ring (bicyclic) bond motifs is 1. The standard InChI is InChI=1S/C22H27ClN6/c1-5-14(2)6-7-15(3)16(4)10-17(24)22-21-18(26-13-27-21)8-9-29(22)20-12-25-11-19(23)28-20/h6-7,10-13,22,24H,5,8-9H2,1-4H3,(H,26,27)/b14-6-,15-7-,16-10+,24-17?. The Morgan fingerprint density at radius 2 is 2.07 bits per heavy atom. The third-order valence-electron chi connectivity index (χ3n) is 5.28. The van der Waals surface area contributed by atoms with Crippen LogP contribution in [-0.4, -0.2) is 32.2 Å². The summed E-state index contributed by atoms with van der Waals surface area (Å²) in [6.07, 6.45) is 12.9. The van der Waals surface area contributed by atoms with Gasteiger partial charge in [0.15, 0.2) is 0 Å². The monoisotopic (exact) mass is 410 g/mol. The first-order valence-corrected chi connectivity index (χ1v) is 10.2. The number of H-pyrrole nitrogens is 1. The summed E-state index contributed by atoms with van der Waals surface area (Å²) in [6.45, 7) is 9.07. The van der Waals surface area contributed by atoms with Crippen LogP contribution < -0.4 is 4.90 Å². The fourth-order valence-corrected chi connectivity index (χ4v) is 3.39. The van der Waals surface area contributed by atoms with Crippen molar-refractivity contribution < 1.29 is 0 Å². The van der Waals surface area contributed by atoms with Crippen molar-refractivity contribution in [3.05, 3.63) is 70.2 Å². The van der Waals surface area contributed by atoms with E-state index in [0.29, 0.717) is 23.2 Å². The van der Waals surface area contributed by atoms with Gasteiger partial charge in [0.05, 0.1) is 30.1 Å². The molecule has 2 aromatic heterocycles. The van der Waals surface area contributed by atoms with Gasteiger partial charge in [-0.15, -0.1) is 0 Å². The maximum Gasteiger partial charge on any atom is 0.149 e. The van der Waals surface area contributed by atoms with Crippen molar-refractivity contribution in [3.63, 3.8) is 0 Å². The molecule has 0 spiro atoms. The van der Waals surface area contributed by atoms with Crippen LogP contribution in [-0.2, 0) is 6.42 Å². The summed E-state index contributed by atoms with van der Waals surface area (Å²) in [5.74, 6) is 0.653. The van der Waals surface area contributed by atoms with Gasteiger partial charge in [0.25, 0.3) is 0 Å². The van der Waals surface area contributed by atoms with Crippen LogP contribution in [0.5, 0.6) is 0 Å². The molecule has 29 heavy (non-hydrogen) atoms. The number of hydrogen-bond acceptors (Lipinski definition) is 5. The van der Waals surface area contributed by atoms with Gasteiger partial charge in [-0.05, 0) is 44.4 Å². The third-order valence-corrected chi connectivity index (χ3v) is 5.46. The van der Waals surface area contributed by atoms with Gasteiger partial charge >= 0.3 is 0 Å². The zero-order chi connectivity index (χ0) is 21.0. The number of imidazole rings is 1. The van der Waals surface area contributed by atoms with Crippen LogP contribution in [0.15, 0.2) is 53.7 Å². The first kappa shape index (κ1) is 21.0. The lowest BCUT2D eigenvalue weighted by Crippen LogP contribution is -2.40. The van der Waals surface area contributed by atoms with Crippen molar-refractivity contribution in [2.45, 2.75) is 46.6 Å². The SMILES string of the molecule is CC\C(C)=C/C=C(C)\C(C)=C\C(=N)C1c2nc[nH]c2CCN1c1cncc(Cl)n1. The lowest BCUT2D eigenvalue weighted by atomic mass is 9.96. The number of nitrogens with one attached hydrogen (secondary N) is 2. The Balaban J connectivity index is 1.95. The number of aromatic amines is 1. The Kier molecular flexibility index (Phi) is 6.64. The average molecular weight is 411 g/mol. The van der Waals surface area contributed by atoms with E-state index in [1.54, 1.807) is 12.5 Å². The quantitative estimate of drug-likeness (QED) is 0.504. The number of hydrogen-bond donors (Lipinski definition) is 2. The van der Waals surface area contributed by atoms with Crippen molar-refractivity contribution in [2.24, 2.45) is 0 Å². The Hall–Kier alpha value is -2.73. The number of anilines is 1. The highest BCUT2D eigenvalue weighted by molar-refractivity contribution is 6.29. The molecular weight excluding hydrogens is 384 g/mol. The Morgan fingerprint density at radius 1 is 1.28 bits per heavy atom. The molecule has 0 amide bonds. The second-order valence-electron chi connectivity index (χ2n) is 7.31.